The molecule has 14 heavy (non-hydrogen) atoms. The topological polar surface area (TPSA) is 9.23 Å². The van der Waals surface area contributed by atoms with Crippen LogP contribution in [0.25, 0.3) is 6.08 Å². The van der Waals surface area contributed by atoms with E-state index in [4.69, 9.17) is 4.74 Å². The van der Waals surface area contributed by atoms with Crippen LogP contribution in [0.3, 0.4) is 0 Å². The van der Waals surface area contributed by atoms with Crippen LogP contribution in [0.15, 0.2) is 42.5 Å². The van der Waals surface area contributed by atoms with Gasteiger partial charge >= 0.3 is 0 Å². The Kier molecular flexibility index (Phi) is 4.73. The molecule has 0 atom stereocenters. The summed E-state index contributed by atoms with van der Waals surface area (Å²) in [6.07, 6.45) is 8.06. The van der Waals surface area contributed by atoms with Crippen LogP contribution in [0, 0.1) is 6.92 Å². The highest BCUT2D eigenvalue weighted by Crippen LogP contribution is 2.04. The van der Waals surface area contributed by atoms with Gasteiger partial charge in [-0.3, -0.25) is 0 Å². The molecule has 0 aromatic heterocycles. The smallest absolute Gasteiger partial charge is 0.0646 e. The summed E-state index contributed by atoms with van der Waals surface area (Å²) in [4.78, 5) is 0. The normalized spacial score (nSPS) is 11.6. The molecule has 0 fully saturated rings. The van der Waals surface area contributed by atoms with Crippen molar-refractivity contribution in [2.24, 2.45) is 0 Å². The summed E-state index contributed by atoms with van der Waals surface area (Å²) < 4.78 is 4.89. The highest BCUT2D eigenvalue weighted by Gasteiger charge is 1.84. The van der Waals surface area contributed by atoms with Crippen LogP contribution in [0.4, 0.5) is 0 Å². The Bertz CT molecular complexity index is 307. The standard InChI is InChI=1S/C13H16O/c1-12-7-9-13(10-8-12)6-4-3-5-11-14-2/h3-10H,11H2,1-2H3/b5-3+,6-4+. The van der Waals surface area contributed by atoms with Gasteiger partial charge in [0.25, 0.3) is 0 Å². The van der Waals surface area contributed by atoms with Crippen LogP contribution in [0.1, 0.15) is 11.1 Å². The molecule has 1 aromatic rings. The summed E-state index contributed by atoms with van der Waals surface area (Å²) in [5.74, 6) is 0. The minimum absolute atomic E-state index is 0.665. The van der Waals surface area contributed by atoms with Gasteiger partial charge in [0.1, 0.15) is 0 Å². The van der Waals surface area contributed by atoms with Crippen molar-refractivity contribution in [3.8, 4) is 0 Å². The first kappa shape index (κ1) is 10.7. The fourth-order valence-electron chi connectivity index (χ4n) is 1.07. The Hall–Kier alpha value is -1.34. The SMILES string of the molecule is COC/C=C/C=C/c1ccc(C)cc1. The monoisotopic (exact) mass is 188 g/mol. The van der Waals surface area contributed by atoms with E-state index in [0.29, 0.717) is 6.61 Å². The molecule has 0 bridgehead atoms. The van der Waals surface area contributed by atoms with Gasteiger partial charge in [-0.05, 0) is 12.5 Å². The largest absolute Gasteiger partial charge is 0.381 e. The summed E-state index contributed by atoms with van der Waals surface area (Å²) in [6, 6.07) is 8.43. The average Bonchev–Trinajstić information content (AvgIpc) is 2.21. The van der Waals surface area contributed by atoms with Gasteiger partial charge in [0.2, 0.25) is 0 Å². The number of rotatable bonds is 4. The van der Waals surface area contributed by atoms with Gasteiger partial charge in [-0.1, -0.05) is 54.1 Å². The molecule has 0 aliphatic carbocycles. The molecule has 0 heterocycles. The van der Waals surface area contributed by atoms with Gasteiger partial charge in [0.05, 0.1) is 6.61 Å². The molecule has 1 rings (SSSR count). The second-order valence-electron chi connectivity index (χ2n) is 3.15. The van der Waals surface area contributed by atoms with Crippen molar-refractivity contribution in [3.05, 3.63) is 53.6 Å². The Morgan fingerprint density at radius 2 is 1.86 bits per heavy atom. The number of methoxy groups -OCH3 is 1. The molecule has 0 spiro atoms. The lowest BCUT2D eigenvalue weighted by Gasteiger charge is -1.93. The van der Waals surface area contributed by atoms with Crippen LogP contribution in [-0.2, 0) is 4.74 Å². The fraction of sp³-hybridized carbons (Fsp3) is 0.231. The molecule has 0 unspecified atom stereocenters. The molecule has 1 heteroatoms. The van der Waals surface area contributed by atoms with E-state index in [1.165, 1.54) is 11.1 Å². The van der Waals surface area contributed by atoms with E-state index >= 15 is 0 Å². The van der Waals surface area contributed by atoms with Gasteiger partial charge in [-0.15, -0.1) is 0 Å². The first-order chi connectivity index (χ1) is 6.83. The second-order valence-corrected chi connectivity index (χ2v) is 3.15. The lowest BCUT2D eigenvalue weighted by atomic mass is 10.1. The van der Waals surface area contributed by atoms with Gasteiger partial charge in [-0.25, -0.2) is 0 Å². The zero-order valence-electron chi connectivity index (χ0n) is 8.73. The molecule has 0 saturated heterocycles. The molecule has 0 radical (unpaired) electrons. The van der Waals surface area contributed by atoms with Gasteiger partial charge in [0, 0.05) is 7.11 Å². The minimum atomic E-state index is 0.665. The second kappa shape index (κ2) is 6.17. The van der Waals surface area contributed by atoms with E-state index in [1.54, 1.807) is 7.11 Å². The molecule has 0 aliphatic rings. The summed E-state index contributed by atoms with van der Waals surface area (Å²) >= 11 is 0. The molecule has 0 N–H and O–H groups in total. The maximum atomic E-state index is 4.89. The summed E-state index contributed by atoms with van der Waals surface area (Å²) in [6.45, 7) is 2.75. The number of hydrogen-bond acceptors (Lipinski definition) is 1. The molecule has 0 aliphatic heterocycles. The molecule has 1 nitrogen and oxygen atoms in total. The highest BCUT2D eigenvalue weighted by molar-refractivity contribution is 5.51. The van der Waals surface area contributed by atoms with E-state index in [-0.39, 0.29) is 0 Å². The van der Waals surface area contributed by atoms with E-state index in [0.717, 1.165) is 0 Å². The zero-order valence-corrected chi connectivity index (χ0v) is 8.73. The lowest BCUT2D eigenvalue weighted by Crippen LogP contribution is -1.78. The lowest BCUT2D eigenvalue weighted by molar-refractivity contribution is 0.234. The van der Waals surface area contributed by atoms with Crippen LogP contribution < -0.4 is 0 Å². The number of allylic oxidation sites excluding steroid dienone is 2. The third-order valence-corrected chi connectivity index (χ3v) is 1.88. The molecule has 74 valence electrons. The third kappa shape index (κ3) is 4.06. The summed E-state index contributed by atoms with van der Waals surface area (Å²) in [5.41, 5.74) is 2.51. The first-order valence-corrected chi connectivity index (χ1v) is 4.72. The molecule has 0 saturated carbocycles. The van der Waals surface area contributed by atoms with Crippen LogP contribution in [-0.4, -0.2) is 13.7 Å². The average molecular weight is 188 g/mol. The fourth-order valence-corrected chi connectivity index (χ4v) is 1.07. The quantitative estimate of drug-likeness (QED) is 0.659. The third-order valence-electron chi connectivity index (χ3n) is 1.88. The van der Waals surface area contributed by atoms with Gasteiger partial charge in [-0.2, -0.15) is 0 Å². The number of benzene rings is 1. The number of hydrogen-bond donors (Lipinski definition) is 0. The number of aryl methyl sites for hydroxylation is 1. The van der Waals surface area contributed by atoms with Crippen molar-refractivity contribution in [3.63, 3.8) is 0 Å². The Morgan fingerprint density at radius 1 is 1.14 bits per heavy atom. The van der Waals surface area contributed by atoms with Gasteiger partial charge in [0.15, 0.2) is 0 Å². The first-order valence-electron chi connectivity index (χ1n) is 4.72. The van der Waals surface area contributed by atoms with Crippen molar-refractivity contribution < 1.29 is 4.74 Å². The van der Waals surface area contributed by atoms with Crippen molar-refractivity contribution in [2.75, 3.05) is 13.7 Å². The van der Waals surface area contributed by atoms with Crippen molar-refractivity contribution in [1.82, 2.24) is 0 Å². The minimum Gasteiger partial charge on any atom is -0.381 e. The van der Waals surface area contributed by atoms with Crippen LogP contribution in [0.5, 0.6) is 0 Å². The van der Waals surface area contributed by atoms with E-state index < -0.39 is 0 Å². The van der Waals surface area contributed by atoms with E-state index in [2.05, 4.69) is 37.3 Å². The van der Waals surface area contributed by atoms with Gasteiger partial charge < -0.3 is 4.74 Å². The predicted molar refractivity (Wildman–Crippen MR) is 61.2 cm³/mol. The molecular weight excluding hydrogens is 172 g/mol. The predicted octanol–water partition coefficient (Wildman–Crippen LogP) is 3.21. The van der Waals surface area contributed by atoms with Crippen LogP contribution in [0.2, 0.25) is 0 Å². The molecular formula is C13H16O. The Labute approximate surface area is 85.7 Å². The zero-order chi connectivity index (χ0) is 10.2. The van der Waals surface area contributed by atoms with Crippen molar-refractivity contribution >= 4 is 6.08 Å². The summed E-state index contributed by atoms with van der Waals surface area (Å²) in [7, 11) is 1.69. The Balaban J connectivity index is 2.47. The van der Waals surface area contributed by atoms with Crippen molar-refractivity contribution in [2.45, 2.75) is 6.92 Å². The maximum Gasteiger partial charge on any atom is 0.0646 e. The maximum absolute atomic E-state index is 4.89. The van der Waals surface area contributed by atoms with E-state index in [1.807, 2.05) is 18.2 Å². The molecule has 0 amide bonds. The van der Waals surface area contributed by atoms with Crippen LogP contribution >= 0.6 is 0 Å². The number of ether oxygens (including phenoxy) is 1. The Morgan fingerprint density at radius 3 is 2.50 bits per heavy atom. The molecule has 1 aromatic carbocycles. The highest BCUT2D eigenvalue weighted by atomic mass is 16.5. The summed E-state index contributed by atoms with van der Waals surface area (Å²) in [5, 5.41) is 0. The van der Waals surface area contributed by atoms with E-state index in [9.17, 15) is 0 Å². The van der Waals surface area contributed by atoms with Crippen molar-refractivity contribution in [1.29, 1.82) is 0 Å².